The van der Waals surface area contributed by atoms with Crippen molar-refractivity contribution in [2.45, 2.75) is 6.54 Å². The van der Waals surface area contributed by atoms with E-state index in [0.29, 0.717) is 0 Å². The van der Waals surface area contributed by atoms with Crippen LogP contribution in [0.25, 0.3) is 37.6 Å². The molecule has 0 amide bonds. The molecule has 5 heterocycles. The maximum absolute atomic E-state index is 4.63. The summed E-state index contributed by atoms with van der Waals surface area (Å²) >= 11 is 1.83. The zero-order valence-electron chi connectivity index (χ0n) is 13.3. The van der Waals surface area contributed by atoms with Crippen LogP contribution < -0.4 is 4.57 Å². The first-order valence-electron chi connectivity index (χ1n) is 8.22. The van der Waals surface area contributed by atoms with Crippen molar-refractivity contribution in [3.8, 4) is 16.4 Å². The molecule has 25 heavy (non-hydrogen) atoms. The molecular formula is C20H13N4S+. The Labute approximate surface area is 147 Å². The fourth-order valence-corrected chi connectivity index (χ4v) is 5.09. The molecule has 0 atom stereocenters. The molecule has 0 radical (unpaired) electrons. The summed E-state index contributed by atoms with van der Waals surface area (Å²) in [6, 6.07) is 16.8. The van der Waals surface area contributed by atoms with E-state index in [2.05, 4.69) is 61.6 Å². The van der Waals surface area contributed by atoms with Crippen LogP contribution in [0.4, 0.5) is 0 Å². The van der Waals surface area contributed by atoms with Crippen LogP contribution in [0.3, 0.4) is 0 Å². The lowest BCUT2D eigenvalue weighted by atomic mass is 10.2. The quantitative estimate of drug-likeness (QED) is 0.424. The Morgan fingerprint density at radius 3 is 2.84 bits per heavy atom. The van der Waals surface area contributed by atoms with Crippen molar-refractivity contribution in [2.75, 3.05) is 0 Å². The summed E-state index contributed by atoms with van der Waals surface area (Å²) in [4.78, 5) is 9.00. The molecule has 4 aromatic heterocycles. The second kappa shape index (κ2) is 4.74. The fraction of sp³-hybridized carbons (Fsp3) is 0.0500. The van der Waals surface area contributed by atoms with Gasteiger partial charge in [0.15, 0.2) is 5.52 Å². The van der Waals surface area contributed by atoms with Crippen LogP contribution in [0.1, 0.15) is 5.56 Å². The highest BCUT2D eigenvalue weighted by atomic mass is 32.1. The number of pyridine rings is 2. The van der Waals surface area contributed by atoms with Crippen LogP contribution in [-0.2, 0) is 6.54 Å². The topological polar surface area (TPSA) is 34.6 Å². The summed E-state index contributed by atoms with van der Waals surface area (Å²) in [6.45, 7) is 0.870. The van der Waals surface area contributed by atoms with Gasteiger partial charge < -0.3 is 0 Å². The van der Waals surface area contributed by atoms with Crippen LogP contribution in [0.5, 0.6) is 0 Å². The monoisotopic (exact) mass is 341 g/mol. The van der Waals surface area contributed by atoms with Gasteiger partial charge in [0, 0.05) is 18.0 Å². The number of para-hydroxylation sites is 1. The maximum atomic E-state index is 4.63. The number of thiazole rings is 1. The number of aromatic nitrogens is 4. The van der Waals surface area contributed by atoms with Crippen molar-refractivity contribution in [3.05, 3.63) is 72.7 Å². The Kier molecular flexibility index (Phi) is 2.51. The fourth-order valence-electron chi connectivity index (χ4n) is 3.77. The third-order valence-corrected chi connectivity index (χ3v) is 6.05. The lowest BCUT2D eigenvalue weighted by Gasteiger charge is -2.00. The van der Waals surface area contributed by atoms with Gasteiger partial charge in [-0.1, -0.05) is 35.6 Å². The molecular weight excluding hydrogens is 328 g/mol. The second-order valence-electron chi connectivity index (χ2n) is 6.22. The molecule has 0 bridgehead atoms. The first kappa shape index (κ1) is 13.3. The van der Waals surface area contributed by atoms with Gasteiger partial charge >= 0.3 is 5.65 Å². The summed E-state index contributed by atoms with van der Waals surface area (Å²) < 4.78 is 6.02. The smallest absolute Gasteiger partial charge is 0.260 e. The van der Waals surface area contributed by atoms with Crippen molar-refractivity contribution in [2.24, 2.45) is 0 Å². The van der Waals surface area contributed by atoms with E-state index in [9.17, 15) is 0 Å². The van der Waals surface area contributed by atoms with Crippen molar-refractivity contribution < 1.29 is 4.57 Å². The molecule has 6 rings (SSSR count). The number of fused-ring (bicyclic) bond motifs is 7. The number of benzene rings is 1. The van der Waals surface area contributed by atoms with Crippen LogP contribution in [0, 0.1) is 0 Å². The van der Waals surface area contributed by atoms with Gasteiger partial charge in [-0.15, -0.1) is 0 Å². The van der Waals surface area contributed by atoms with Gasteiger partial charge in [-0.2, -0.15) is 4.57 Å². The third-order valence-electron chi connectivity index (χ3n) is 4.84. The lowest BCUT2D eigenvalue weighted by Crippen LogP contribution is -2.32. The SMILES string of the molecule is c1ccc(-n2c3cnccc3c3sc4[n+](c32)Cc2cccnc2-4)cc1. The summed E-state index contributed by atoms with van der Waals surface area (Å²) in [5, 5.41) is 2.49. The molecule has 5 aromatic rings. The first-order chi connectivity index (χ1) is 12.4. The highest BCUT2D eigenvalue weighted by Gasteiger charge is 2.34. The van der Waals surface area contributed by atoms with Crippen LogP contribution in [0.15, 0.2) is 67.1 Å². The van der Waals surface area contributed by atoms with E-state index in [1.807, 2.05) is 36.0 Å². The number of rotatable bonds is 1. The third kappa shape index (κ3) is 1.68. The first-order valence-corrected chi connectivity index (χ1v) is 9.04. The molecule has 118 valence electrons. The highest BCUT2D eigenvalue weighted by molar-refractivity contribution is 7.22. The van der Waals surface area contributed by atoms with Gasteiger partial charge in [-0.3, -0.25) is 9.97 Å². The molecule has 0 spiro atoms. The molecule has 4 nitrogen and oxygen atoms in total. The van der Waals surface area contributed by atoms with Gasteiger partial charge in [0.1, 0.15) is 22.6 Å². The number of nitrogens with zero attached hydrogens (tertiary/aromatic N) is 4. The Morgan fingerprint density at radius 2 is 1.92 bits per heavy atom. The van der Waals surface area contributed by atoms with Crippen LogP contribution in [-0.4, -0.2) is 14.5 Å². The molecule has 0 N–H and O–H groups in total. The largest absolute Gasteiger partial charge is 0.307 e. The summed E-state index contributed by atoms with van der Waals surface area (Å²) in [7, 11) is 0. The summed E-state index contributed by atoms with van der Waals surface area (Å²) in [5.41, 5.74) is 5.94. The summed E-state index contributed by atoms with van der Waals surface area (Å²) in [6.07, 6.45) is 5.72. The van der Waals surface area contributed by atoms with E-state index in [1.54, 1.807) is 0 Å². The van der Waals surface area contributed by atoms with E-state index in [-0.39, 0.29) is 0 Å². The predicted octanol–water partition coefficient (Wildman–Crippen LogP) is 3.95. The molecule has 5 heteroatoms. The molecule has 0 saturated heterocycles. The molecule has 0 fully saturated rings. The van der Waals surface area contributed by atoms with Crippen molar-refractivity contribution in [1.82, 2.24) is 14.5 Å². The number of hydrogen-bond acceptors (Lipinski definition) is 3. The van der Waals surface area contributed by atoms with Crippen LogP contribution in [0.2, 0.25) is 0 Å². The zero-order chi connectivity index (χ0) is 16.4. The van der Waals surface area contributed by atoms with E-state index >= 15 is 0 Å². The normalized spacial score (nSPS) is 12.6. The Morgan fingerprint density at radius 1 is 1.00 bits per heavy atom. The van der Waals surface area contributed by atoms with E-state index in [1.165, 1.54) is 26.3 Å². The average Bonchev–Trinajstić information content (AvgIpc) is 3.30. The Balaban J connectivity index is 1.79. The van der Waals surface area contributed by atoms with E-state index in [4.69, 9.17) is 0 Å². The van der Waals surface area contributed by atoms with Gasteiger partial charge in [0.05, 0.1) is 11.6 Å². The number of hydrogen-bond donors (Lipinski definition) is 0. The van der Waals surface area contributed by atoms with Gasteiger partial charge in [-0.25, -0.2) is 4.57 Å². The van der Waals surface area contributed by atoms with E-state index < -0.39 is 0 Å². The minimum absolute atomic E-state index is 0.870. The minimum atomic E-state index is 0.870. The van der Waals surface area contributed by atoms with Crippen LogP contribution >= 0.6 is 11.3 Å². The Bertz CT molecular complexity index is 1270. The zero-order valence-corrected chi connectivity index (χ0v) is 14.1. The summed E-state index contributed by atoms with van der Waals surface area (Å²) in [5.74, 6) is 0. The van der Waals surface area contributed by atoms with E-state index in [0.717, 1.165) is 23.4 Å². The molecule has 1 aliphatic heterocycles. The molecule has 0 saturated carbocycles. The molecule has 0 aliphatic carbocycles. The molecule has 1 aliphatic rings. The molecule has 0 unspecified atom stereocenters. The highest BCUT2D eigenvalue weighted by Crippen LogP contribution is 2.40. The minimum Gasteiger partial charge on any atom is -0.260 e. The predicted molar refractivity (Wildman–Crippen MR) is 99.0 cm³/mol. The molecule has 1 aromatic carbocycles. The van der Waals surface area contributed by atoms with Crippen molar-refractivity contribution in [1.29, 1.82) is 0 Å². The van der Waals surface area contributed by atoms with Gasteiger partial charge in [-0.05, 0) is 24.3 Å². The Hall–Kier alpha value is -3.05. The van der Waals surface area contributed by atoms with Crippen molar-refractivity contribution in [3.63, 3.8) is 0 Å². The van der Waals surface area contributed by atoms with Gasteiger partial charge in [0.25, 0.3) is 0 Å². The standard InChI is InChI=1S/C20H13N4S/c1-2-6-14(7-3-1)24-16-11-21-10-8-15(16)18-19(24)23-12-13-5-4-9-22-17(13)20(23)25-18/h1-11H,12H2/q+1. The lowest BCUT2D eigenvalue weighted by molar-refractivity contribution is -0.644. The average molecular weight is 341 g/mol. The second-order valence-corrected chi connectivity index (χ2v) is 7.22. The maximum Gasteiger partial charge on any atom is 0.307 e. The van der Waals surface area contributed by atoms with Crippen molar-refractivity contribution >= 4 is 32.6 Å². The van der Waals surface area contributed by atoms with Gasteiger partial charge in [0.2, 0.25) is 5.01 Å².